The Labute approximate surface area is 187 Å². The van der Waals surface area contributed by atoms with Gasteiger partial charge >= 0.3 is 0 Å². The molecule has 0 aromatic heterocycles. The van der Waals surface area contributed by atoms with Gasteiger partial charge in [0.15, 0.2) is 0 Å². The molecule has 0 fully saturated rings. The highest BCUT2D eigenvalue weighted by atomic mass is 32.2. The molecule has 0 aliphatic carbocycles. The van der Waals surface area contributed by atoms with Gasteiger partial charge in [0.05, 0.1) is 17.2 Å². The Kier molecular flexibility index (Phi) is 7.83. The lowest BCUT2D eigenvalue weighted by Gasteiger charge is -2.26. The van der Waals surface area contributed by atoms with Crippen LogP contribution in [-0.2, 0) is 21.2 Å². The van der Waals surface area contributed by atoms with E-state index in [9.17, 15) is 17.6 Å². The van der Waals surface area contributed by atoms with Crippen molar-refractivity contribution in [2.24, 2.45) is 0 Å². The van der Waals surface area contributed by atoms with E-state index >= 15 is 0 Å². The molecule has 0 aliphatic rings. The van der Waals surface area contributed by atoms with Crippen molar-refractivity contribution in [3.63, 3.8) is 0 Å². The topological polar surface area (TPSA) is 75.7 Å². The van der Waals surface area contributed by atoms with E-state index in [1.807, 2.05) is 0 Å². The largest absolute Gasteiger partial charge is 0.492 e. The second kappa shape index (κ2) is 10.8. The van der Waals surface area contributed by atoms with Crippen molar-refractivity contribution < 1.29 is 22.3 Å². The molecule has 0 spiro atoms. The quantitative estimate of drug-likeness (QED) is 0.504. The minimum atomic E-state index is -4.02. The fourth-order valence-corrected chi connectivity index (χ4v) is 4.60. The molecule has 0 bridgehead atoms. The predicted octanol–water partition coefficient (Wildman–Crippen LogP) is 3.78. The van der Waals surface area contributed by atoms with Gasteiger partial charge < -0.3 is 10.1 Å². The zero-order valence-electron chi connectivity index (χ0n) is 17.7. The van der Waals surface area contributed by atoms with Crippen LogP contribution in [0.25, 0.3) is 0 Å². The van der Waals surface area contributed by atoms with E-state index in [0.717, 1.165) is 9.87 Å². The van der Waals surface area contributed by atoms with Gasteiger partial charge in [-0.1, -0.05) is 42.5 Å². The smallest absolute Gasteiger partial charge is 0.264 e. The first-order valence-electron chi connectivity index (χ1n) is 10.2. The lowest BCUT2D eigenvalue weighted by molar-refractivity contribution is -0.119. The van der Waals surface area contributed by atoms with Crippen LogP contribution in [0.1, 0.15) is 12.5 Å². The number of para-hydroxylation sites is 2. The number of carbonyl (C=O) groups excluding carboxylic acids is 1. The lowest BCUT2D eigenvalue weighted by Crippen LogP contribution is -2.41. The molecule has 3 rings (SSSR count). The Bertz CT molecular complexity index is 1140. The highest BCUT2D eigenvalue weighted by molar-refractivity contribution is 7.92. The van der Waals surface area contributed by atoms with Gasteiger partial charge in [0, 0.05) is 6.54 Å². The summed E-state index contributed by atoms with van der Waals surface area (Å²) in [7, 11) is -4.02. The summed E-state index contributed by atoms with van der Waals surface area (Å²) in [6.07, 6.45) is 0.493. The average Bonchev–Trinajstić information content (AvgIpc) is 2.80. The molecule has 3 aromatic rings. The number of nitrogens with one attached hydrogen (secondary N) is 1. The van der Waals surface area contributed by atoms with E-state index in [-0.39, 0.29) is 22.9 Å². The average molecular weight is 457 g/mol. The van der Waals surface area contributed by atoms with Crippen LogP contribution in [0.2, 0.25) is 0 Å². The number of halogens is 1. The number of nitrogens with zero attached hydrogens (tertiary/aromatic N) is 1. The Hall–Kier alpha value is -3.39. The Morgan fingerprint density at radius 1 is 0.969 bits per heavy atom. The lowest BCUT2D eigenvalue weighted by atomic mass is 10.1. The van der Waals surface area contributed by atoms with Crippen LogP contribution in [0.15, 0.2) is 83.8 Å². The van der Waals surface area contributed by atoms with Crippen LogP contribution in [0, 0.1) is 5.82 Å². The first-order chi connectivity index (χ1) is 15.4. The van der Waals surface area contributed by atoms with Gasteiger partial charge in [-0.3, -0.25) is 9.10 Å². The Morgan fingerprint density at radius 2 is 1.62 bits per heavy atom. The van der Waals surface area contributed by atoms with Crippen molar-refractivity contribution in [1.82, 2.24) is 5.32 Å². The second-order valence-electron chi connectivity index (χ2n) is 6.95. The highest BCUT2D eigenvalue weighted by Gasteiger charge is 2.29. The maximum Gasteiger partial charge on any atom is 0.264 e. The summed E-state index contributed by atoms with van der Waals surface area (Å²) >= 11 is 0. The van der Waals surface area contributed by atoms with Gasteiger partial charge in [-0.25, -0.2) is 12.8 Å². The Balaban J connectivity index is 1.81. The molecule has 0 aliphatic heterocycles. The zero-order chi connectivity index (χ0) is 23.0. The third-order valence-corrected chi connectivity index (χ3v) is 6.48. The molecule has 32 heavy (non-hydrogen) atoms. The number of anilines is 1. The molecule has 8 heteroatoms. The number of hydrogen-bond donors (Lipinski definition) is 1. The third kappa shape index (κ3) is 5.85. The maximum atomic E-state index is 13.4. The van der Waals surface area contributed by atoms with Crippen LogP contribution >= 0.6 is 0 Å². The van der Waals surface area contributed by atoms with E-state index in [1.54, 1.807) is 61.5 Å². The van der Waals surface area contributed by atoms with Crippen LogP contribution in [0.3, 0.4) is 0 Å². The number of amides is 1. The monoisotopic (exact) mass is 456 g/mol. The summed E-state index contributed by atoms with van der Waals surface area (Å²) in [5.41, 5.74) is 1.15. The molecular formula is C24H25FN2O4S. The summed E-state index contributed by atoms with van der Waals surface area (Å²) in [6.45, 7) is 2.02. The molecule has 0 saturated carbocycles. The zero-order valence-corrected chi connectivity index (χ0v) is 18.5. The van der Waals surface area contributed by atoms with Gasteiger partial charge in [-0.05, 0) is 55.3 Å². The summed E-state index contributed by atoms with van der Waals surface area (Å²) in [5.74, 6) is -0.418. The van der Waals surface area contributed by atoms with Crippen molar-refractivity contribution in [2.75, 3.05) is 24.0 Å². The van der Waals surface area contributed by atoms with Gasteiger partial charge in [-0.15, -0.1) is 0 Å². The molecule has 168 valence electrons. The molecule has 0 saturated heterocycles. The fraction of sp³-hybridized carbons (Fsp3) is 0.208. The van der Waals surface area contributed by atoms with Crippen molar-refractivity contribution in [1.29, 1.82) is 0 Å². The molecule has 0 atom stereocenters. The SMILES string of the molecule is CCOc1ccccc1N(CC(=O)NCCc1ccc(F)cc1)S(=O)(=O)c1ccccc1. The predicted molar refractivity (Wildman–Crippen MR) is 122 cm³/mol. The molecule has 0 unspecified atom stereocenters. The van der Waals surface area contributed by atoms with Crippen LogP contribution < -0.4 is 14.4 Å². The molecule has 3 aromatic carbocycles. The Morgan fingerprint density at radius 3 is 2.31 bits per heavy atom. The summed E-state index contributed by atoms with van der Waals surface area (Å²) in [4.78, 5) is 12.8. The normalized spacial score (nSPS) is 11.1. The third-order valence-electron chi connectivity index (χ3n) is 4.70. The van der Waals surface area contributed by atoms with E-state index in [4.69, 9.17) is 4.74 Å². The molecule has 6 nitrogen and oxygen atoms in total. The van der Waals surface area contributed by atoms with Crippen molar-refractivity contribution in [3.05, 3.63) is 90.2 Å². The molecule has 0 radical (unpaired) electrons. The summed E-state index contributed by atoms with van der Waals surface area (Å²) in [5, 5.41) is 2.74. The van der Waals surface area contributed by atoms with Crippen molar-refractivity contribution in [3.8, 4) is 5.75 Å². The molecule has 1 amide bonds. The van der Waals surface area contributed by atoms with Gasteiger partial charge in [0.1, 0.15) is 18.1 Å². The molecule has 0 heterocycles. The maximum absolute atomic E-state index is 13.4. The van der Waals surface area contributed by atoms with Crippen LogP contribution in [0.4, 0.5) is 10.1 Å². The number of rotatable bonds is 10. The number of carbonyl (C=O) groups is 1. The van der Waals surface area contributed by atoms with E-state index < -0.39 is 22.5 Å². The van der Waals surface area contributed by atoms with Crippen LogP contribution in [0.5, 0.6) is 5.75 Å². The standard InChI is InChI=1S/C24H25FN2O4S/c1-2-31-23-11-7-6-10-22(23)27(32(29,30)21-8-4-3-5-9-21)18-24(28)26-17-16-19-12-14-20(25)15-13-19/h3-15H,2,16-18H2,1H3,(H,26,28). The summed E-state index contributed by atoms with van der Waals surface area (Å²) in [6, 6.07) is 20.7. The first-order valence-corrected chi connectivity index (χ1v) is 11.7. The van der Waals surface area contributed by atoms with E-state index in [2.05, 4.69) is 5.32 Å². The number of hydrogen-bond acceptors (Lipinski definition) is 4. The summed E-state index contributed by atoms with van der Waals surface area (Å²) < 4.78 is 46.5. The fourth-order valence-electron chi connectivity index (χ4n) is 3.14. The number of ether oxygens (including phenoxy) is 1. The van der Waals surface area contributed by atoms with Gasteiger partial charge in [-0.2, -0.15) is 0 Å². The van der Waals surface area contributed by atoms with Crippen molar-refractivity contribution in [2.45, 2.75) is 18.2 Å². The van der Waals surface area contributed by atoms with E-state index in [0.29, 0.717) is 18.8 Å². The highest BCUT2D eigenvalue weighted by Crippen LogP contribution is 2.32. The van der Waals surface area contributed by atoms with Gasteiger partial charge in [0.2, 0.25) is 5.91 Å². The minimum absolute atomic E-state index is 0.0745. The second-order valence-corrected chi connectivity index (χ2v) is 8.81. The minimum Gasteiger partial charge on any atom is -0.492 e. The van der Waals surface area contributed by atoms with E-state index in [1.165, 1.54) is 24.3 Å². The molecular weight excluding hydrogens is 431 g/mol. The number of sulfonamides is 1. The number of benzene rings is 3. The first kappa shape index (κ1) is 23.3. The van der Waals surface area contributed by atoms with Crippen LogP contribution in [-0.4, -0.2) is 34.0 Å². The van der Waals surface area contributed by atoms with Crippen molar-refractivity contribution >= 4 is 21.6 Å². The van der Waals surface area contributed by atoms with Gasteiger partial charge in [0.25, 0.3) is 10.0 Å². The molecule has 1 N–H and O–H groups in total.